The monoisotopic (exact) mass is 271 g/mol. The van der Waals surface area contributed by atoms with E-state index in [4.69, 9.17) is 5.73 Å². The summed E-state index contributed by atoms with van der Waals surface area (Å²) in [4.78, 5) is 14.2. The molecule has 1 fully saturated rings. The van der Waals surface area contributed by atoms with Crippen molar-refractivity contribution in [2.24, 2.45) is 11.7 Å². The lowest BCUT2D eigenvalue weighted by atomic mass is 10.0. The predicted molar refractivity (Wildman–Crippen MR) is 78.0 cm³/mol. The van der Waals surface area contributed by atoms with Crippen LogP contribution in [0.15, 0.2) is 0 Å². The Bertz CT molecular complexity index is 247. The zero-order chi connectivity index (χ0) is 14.1. The standard InChI is InChI=1S/C13H29N5O/c1-11(2)12(14)13(19)18-9-7-16-5-3-15-4-6-17-8-10-18/h11-12,15-17H,3-10,14H2,1-2H3/t12-/m0/s1. The molecule has 19 heavy (non-hydrogen) atoms. The molecule has 1 atom stereocenters. The summed E-state index contributed by atoms with van der Waals surface area (Å²) in [5, 5.41) is 10.0. The first-order valence-electron chi connectivity index (χ1n) is 7.29. The molecule has 0 aromatic carbocycles. The van der Waals surface area contributed by atoms with Crippen LogP contribution in [0, 0.1) is 5.92 Å². The molecule has 0 aromatic heterocycles. The summed E-state index contributed by atoms with van der Waals surface area (Å²) in [5.41, 5.74) is 5.96. The van der Waals surface area contributed by atoms with Crippen LogP contribution in [0.3, 0.4) is 0 Å². The summed E-state index contributed by atoms with van der Waals surface area (Å²) in [7, 11) is 0. The van der Waals surface area contributed by atoms with Crippen LogP contribution >= 0.6 is 0 Å². The molecule has 6 heteroatoms. The molecule has 0 aromatic rings. The first-order chi connectivity index (χ1) is 9.13. The molecule has 0 saturated carbocycles. The van der Waals surface area contributed by atoms with Crippen LogP contribution in [0.25, 0.3) is 0 Å². The molecule has 112 valence electrons. The number of carbonyl (C=O) groups excluding carboxylic acids is 1. The summed E-state index contributed by atoms with van der Waals surface area (Å²) < 4.78 is 0. The van der Waals surface area contributed by atoms with Gasteiger partial charge in [0.05, 0.1) is 6.04 Å². The Morgan fingerprint density at radius 1 is 0.947 bits per heavy atom. The number of nitrogens with two attached hydrogens (primary N) is 1. The lowest BCUT2D eigenvalue weighted by molar-refractivity contribution is -0.133. The quantitative estimate of drug-likeness (QED) is 0.496. The Balaban J connectivity index is 2.48. The van der Waals surface area contributed by atoms with Gasteiger partial charge < -0.3 is 26.6 Å². The Kier molecular flexibility index (Phi) is 7.97. The van der Waals surface area contributed by atoms with Gasteiger partial charge in [-0.05, 0) is 5.92 Å². The van der Waals surface area contributed by atoms with Gasteiger partial charge in [0.2, 0.25) is 5.91 Å². The fourth-order valence-corrected chi connectivity index (χ4v) is 1.98. The lowest BCUT2D eigenvalue weighted by Gasteiger charge is -2.28. The molecule has 1 rings (SSSR count). The average Bonchev–Trinajstić information content (AvgIpc) is 2.37. The summed E-state index contributed by atoms with van der Waals surface area (Å²) >= 11 is 0. The van der Waals surface area contributed by atoms with Crippen LogP contribution in [0.4, 0.5) is 0 Å². The largest absolute Gasteiger partial charge is 0.339 e. The van der Waals surface area contributed by atoms with Crippen molar-refractivity contribution in [2.45, 2.75) is 19.9 Å². The molecule has 0 bridgehead atoms. The minimum atomic E-state index is -0.394. The van der Waals surface area contributed by atoms with Gasteiger partial charge in [0.15, 0.2) is 0 Å². The molecule has 0 aliphatic carbocycles. The zero-order valence-electron chi connectivity index (χ0n) is 12.2. The first-order valence-corrected chi connectivity index (χ1v) is 7.29. The minimum Gasteiger partial charge on any atom is -0.339 e. The third-order valence-corrected chi connectivity index (χ3v) is 3.39. The first kappa shape index (κ1) is 16.4. The van der Waals surface area contributed by atoms with Crippen LogP contribution in [0.2, 0.25) is 0 Å². The maximum atomic E-state index is 12.3. The van der Waals surface area contributed by atoms with Crippen molar-refractivity contribution in [1.29, 1.82) is 0 Å². The topological polar surface area (TPSA) is 82.4 Å². The fourth-order valence-electron chi connectivity index (χ4n) is 1.98. The van der Waals surface area contributed by atoms with E-state index in [9.17, 15) is 4.79 Å². The van der Waals surface area contributed by atoms with E-state index in [2.05, 4.69) is 16.0 Å². The molecule has 0 radical (unpaired) electrons. The average molecular weight is 271 g/mol. The highest BCUT2D eigenvalue weighted by Crippen LogP contribution is 2.03. The lowest BCUT2D eigenvalue weighted by Crippen LogP contribution is -2.51. The van der Waals surface area contributed by atoms with Gasteiger partial charge in [-0.3, -0.25) is 4.79 Å². The van der Waals surface area contributed by atoms with Crippen LogP contribution in [-0.2, 0) is 4.79 Å². The van der Waals surface area contributed by atoms with Gasteiger partial charge in [-0.15, -0.1) is 0 Å². The van der Waals surface area contributed by atoms with Gasteiger partial charge in [0, 0.05) is 52.4 Å². The number of rotatable bonds is 2. The van der Waals surface area contributed by atoms with Gasteiger partial charge in [0.25, 0.3) is 0 Å². The normalized spacial score (nSPS) is 21.6. The molecule has 1 saturated heterocycles. The van der Waals surface area contributed by atoms with E-state index in [0.29, 0.717) is 0 Å². The van der Waals surface area contributed by atoms with Crippen LogP contribution in [-0.4, -0.2) is 69.2 Å². The smallest absolute Gasteiger partial charge is 0.239 e. The van der Waals surface area contributed by atoms with E-state index in [1.807, 2.05) is 18.7 Å². The summed E-state index contributed by atoms with van der Waals surface area (Å²) in [5.74, 6) is 0.243. The molecule has 0 unspecified atom stereocenters. The fraction of sp³-hybridized carbons (Fsp3) is 0.923. The summed E-state index contributed by atoms with van der Waals surface area (Å²) in [6, 6.07) is -0.394. The van der Waals surface area contributed by atoms with Crippen molar-refractivity contribution in [2.75, 3.05) is 52.4 Å². The second-order valence-corrected chi connectivity index (χ2v) is 5.35. The van der Waals surface area contributed by atoms with Crippen molar-refractivity contribution >= 4 is 5.91 Å². The Hall–Kier alpha value is -0.690. The number of nitrogens with zero attached hydrogens (tertiary/aromatic N) is 1. The SMILES string of the molecule is CC(C)[C@H](N)C(=O)N1CCNCCNCCNCC1. The van der Waals surface area contributed by atoms with Crippen molar-refractivity contribution in [3.8, 4) is 0 Å². The molecule has 1 heterocycles. The number of hydrogen-bond acceptors (Lipinski definition) is 5. The Morgan fingerprint density at radius 3 is 1.79 bits per heavy atom. The van der Waals surface area contributed by atoms with Crippen molar-refractivity contribution in [3.05, 3.63) is 0 Å². The third kappa shape index (κ3) is 6.33. The van der Waals surface area contributed by atoms with Crippen LogP contribution in [0.1, 0.15) is 13.8 Å². The maximum Gasteiger partial charge on any atom is 0.239 e. The van der Waals surface area contributed by atoms with Gasteiger partial charge in [-0.25, -0.2) is 0 Å². The summed E-state index contributed by atoms with van der Waals surface area (Å²) in [6.45, 7) is 10.8. The van der Waals surface area contributed by atoms with Crippen molar-refractivity contribution < 1.29 is 4.79 Å². The highest BCUT2D eigenvalue weighted by molar-refractivity contribution is 5.81. The predicted octanol–water partition coefficient (Wildman–Crippen LogP) is -1.42. The van der Waals surface area contributed by atoms with E-state index >= 15 is 0 Å². The van der Waals surface area contributed by atoms with Gasteiger partial charge in [-0.1, -0.05) is 13.8 Å². The van der Waals surface area contributed by atoms with Gasteiger partial charge >= 0.3 is 0 Å². The Morgan fingerprint density at radius 2 is 1.37 bits per heavy atom. The second-order valence-electron chi connectivity index (χ2n) is 5.35. The van der Waals surface area contributed by atoms with E-state index < -0.39 is 6.04 Å². The molecule has 6 nitrogen and oxygen atoms in total. The number of hydrogen-bond donors (Lipinski definition) is 4. The van der Waals surface area contributed by atoms with Crippen LogP contribution < -0.4 is 21.7 Å². The van der Waals surface area contributed by atoms with E-state index in [1.54, 1.807) is 0 Å². The van der Waals surface area contributed by atoms with Crippen molar-refractivity contribution in [1.82, 2.24) is 20.9 Å². The minimum absolute atomic E-state index is 0.0637. The number of carbonyl (C=O) groups is 1. The maximum absolute atomic E-state index is 12.3. The molecule has 1 amide bonds. The Labute approximate surface area is 116 Å². The van der Waals surface area contributed by atoms with E-state index in [-0.39, 0.29) is 11.8 Å². The highest BCUT2D eigenvalue weighted by Gasteiger charge is 2.22. The van der Waals surface area contributed by atoms with Crippen molar-refractivity contribution in [3.63, 3.8) is 0 Å². The second kappa shape index (κ2) is 9.25. The number of nitrogens with one attached hydrogen (secondary N) is 3. The summed E-state index contributed by atoms with van der Waals surface area (Å²) in [6.07, 6.45) is 0. The van der Waals surface area contributed by atoms with Gasteiger partial charge in [0.1, 0.15) is 0 Å². The van der Waals surface area contributed by atoms with Crippen LogP contribution in [0.5, 0.6) is 0 Å². The van der Waals surface area contributed by atoms with Gasteiger partial charge in [-0.2, -0.15) is 0 Å². The number of amides is 1. The molecule has 0 spiro atoms. The molecule has 5 N–H and O–H groups in total. The third-order valence-electron chi connectivity index (χ3n) is 3.39. The molecular formula is C13H29N5O. The molecular weight excluding hydrogens is 242 g/mol. The zero-order valence-corrected chi connectivity index (χ0v) is 12.2. The molecule has 1 aliphatic heterocycles. The van der Waals surface area contributed by atoms with E-state index in [0.717, 1.165) is 52.4 Å². The highest BCUT2D eigenvalue weighted by atomic mass is 16.2. The molecule has 1 aliphatic rings. The van der Waals surface area contributed by atoms with E-state index in [1.165, 1.54) is 0 Å².